The Bertz CT molecular complexity index is 556. The van der Waals surface area contributed by atoms with Crippen molar-refractivity contribution in [2.45, 2.75) is 32.2 Å². The molecular formula is C18H22N2. The summed E-state index contributed by atoms with van der Waals surface area (Å²) in [5.41, 5.74) is 8.27. The van der Waals surface area contributed by atoms with E-state index < -0.39 is 0 Å². The van der Waals surface area contributed by atoms with Gasteiger partial charge in [-0.1, -0.05) is 60.7 Å². The van der Waals surface area contributed by atoms with Crippen molar-refractivity contribution in [3.05, 3.63) is 71.8 Å². The van der Waals surface area contributed by atoms with Gasteiger partial charge in [0.1, 0.15) is 5.84 Å². The fourth-order valence-electron chi connectivity index (χ4n) is 2.15. The van der Waals surface area contributed by atoms with Gasteiger partial charge >= 0.3 is 0 Å². The third-order valence-electron chi connectivity index (χ3n) is 3.36. The first-order chi connectivity index (χ1) is 9.57. The molecule has 0 saturated carbocycles. The molecule has 0 bridgehead atoms. The molecule has 0 aliphatic rings. The second-order valence-corrected chi connectivity index (χ2v) is 5.66. The lowest BCUT2D eigenvalue weighted by Gasteiger charge is -2.21. The number of rotatable bonds is 5. The Morgan fingerprint density at radius 1 is 0.950 bits per heavy atom. The van der Waals surface area contributed by atoms with E-state index >= 15 is 0 Å². The lowest BCUT2D eigenvalue weighted by atomic mass is 9.96. The van der Waals surface area contributed by atoms with Gasteiger partial charge < -0.3 is 5.73 Å². The first kappa shape index (κ1) is 14.3. The number of amidine groups is 1. The van der Waals surface area contributed by atoms with Crippen LogP contribution in [0.5, 0.6) is 0 Å². The largest absolute Gasteiger partial charge is 0.383 e. The molecule has 2 aromatic carbocycles. The lowest BCUT2D eigenvalue weighted by molar-refractivity contribution is 0.480. The topological polar surface area (TPSA) is 38.4 Å². The van der Waals surface area contributed by atoms with Crippen molar-refractivity contribution < 1.29 is 0 Å². The average molecular weight is 266 g/mol. The van der Waals surface area contributed by atoms with E-state index in [0.717, 1.165) is 18.4 Å². The molecule has 0 aromatic heterocycles. The van der Waals surface area contributed by atoms with Crippen LogP contribution in [0.4, 0.5) is 0 Å². The van der Waals surface area contributed by atoms with Gasteiger partial charge in [0.15, 0.2) is 0 Å². The number of nitrogens with zero attached hydrogens (tertiary/aromatic N) is 1. The highest BCUT2D eigenvalue weighted by molar-refractivity contribution is 5.97. The normalized spacial score (nSPS) is 12.4. The summed E-state index contributed by atoms with van der Waals surface area (Å²) in [6, 6.07) is 20.4. The number of aliphatic imine (C=N–C) groups is 1. The number of benzene rings is 2. The molecule has 2 aromatic rings. The summed E-state index contributed by atoms with van der Waals surface area (Å²) in [7, 11) is 0. The molecule has 0 radical (unpaired) electrons. The van der Waals surface area contributed by atoms with E-state index in [0.29, 0.717) is 5.84 Å². The van der Waals surface area contributed by atoms with Crippen LogP contribution in [-0.4, -0.2) is 11.4 Å². The Balaban J connectivity index is 2.03. The van der Waals surface area contributed by atoms with E-state index in [1.54, 1.807) is 0 Å². The van der Waals surface area contributed by atoms with Crippen LogP contribution >= 0.6 is 0 Å². The first-order valence-electron chi connectivity index (χ1n) is 7.01. The molecule has 2 rings (SSSR count). The maximum Gasteiger partial charge on any atom is 0.126 e. The van der Waals surface area contributed by atoms with E-state index in [2.05, 4.69) is 43.1 Å². The van der Waals surface area contributed by atoms with Gasteiger partial charge in [0.05, 0.1) is 5.54 Å². The van der Waals surface area contributed by atoms with E-state index in [1.807, 2.05) is 36.4 Å². The molecule has 0 unspecified atom stereocenters. The highest BCUT2D eigenvalue weighted by atomic mass is 14.9. The van der Waals surface area contributed by atoms with Crippen molar-refractivity contribution in [3.63, 3.8) is 0 Å². The zero-order valence-corrected chi connectivity index (χ0v) is 12.2. The maximum atomic E-state index is 6.10. The number of hydrogen-bond donors (Lipinski definition) is 1. The van der Waals surface area contributed by atoms with E-state index in [1.165, 1.54) is 5.56 Å². The van der Waals surface area contributed by atoms with Crippen LogP contribution in [0.1, 0.15) is 31.4 Å². The van der Waals surface area contributed by atoms with Crippen molar-refractivity contribution in [3.8, 4) is 0 Å². The molecule has 20 heavy (non-hydrogen) atoms. The van der Waals surface area contributed by atoms with Gasteiger partial charge in [-0.05, 0) is 32.3 Å². The van der Waals surface area contributed by atoms with E-state index in [-0.39, 0.29) is 5.54 Å². The molecule has 0 fully saturated rings. The highest BCUT2D eigenvalue weighted by Gasteiger charge is 2.17. The molecule has 104 valence electrons. The van der Waals surface area contributed by atoms with Crippen molar-refractivity contribution in [1.29, 1.82) is 0 Å². The van der Waals surface area contributed by atoms with Gasteiger partial charge in [-0.3, -0.25) is 4.99 Å². The molecule has 2 heteroatoms. The van der Waals surface area contributed by atoms with Crippen LogP contribution in [0.25, 0.3) is 0 Å². The Morgan fingerprint density at radius 2 is 1.50 bits per heavy atom. The molecule has 2 nitrogen and oxygen atoms in total. The molecule has 0 spiro atoms. The zero-order chi connectivity index (χ0) is 14.4. The quantitative estimate of drug-likeness (QED) is 0.648. The predicted octanol–water partition coefficient (Wildman–Crippen LogP) is 3.80. The second kappa shape index (κ2) is 6.38. The van der Waals surface area contributed by atoms with Gasteiger partial charge in [0.2, 0.25) is 0 Å². The Hall–Kier alpha value is -2.09. The summed E-state index contributed by atoms with van der Waals surface area (Å²) in [5, 5.41) is 0. The summed E-state index contributed by atoms with van der Waals surface area (Å²) < 4.78 is 0. The molecule has 0 heterocycles. The smallest absolute Gasteiger partial charge is 0.126 e. The minimum absolute atomic E-state index is 0.157. The molecule has 0 amide bonds. The molecule has 2 N–H and O–H groups in total. The monoisotopic (exact) mass is 266 g/mol. The maximum absolute atomic E-state index is 6.10. The molecule has 0 atom stereocenters. The summed E-state index contributed by atoms with van der Waals surface area (Å²) in [4.78, 5) is 4.69. The highest BCUT2D eigenvalue weighted by Crippen LogP contribution is 2.18. The SMILES string of the molecule is CC(C)(CCc1ccccc1)N=C(N)c1ccccc1. The third kappa shape index (κ3) is 4.23. The van der Waals surface area contributed by atoms with Crippen LogP contribution in [0.15, 0.2) is 65.7 Å². The fourth-order valence-corrected chi connectivity index (χ4v) is 2.15. The van der Waals surface area contributed by atoms with Crippen molar-refractivity contribution in [1.82, 2.24) is 0 Å². The summed E-state index contributed by atoms with van der Waals surface area (Å²) >= 11 is 0. The Kier molecular flexibility index (Phi) is 4.57. The summed E-state index contributed by atoms with van der Waals surface area (Å²) in [6.07, 6.45) is 1.99. The third-order valence-corrected chi connectivity index (χ3v) is 3.36. The van der Waals surface area contributed by atoms with Gasteiger partial charge in [-0.25, -0.2) is 0 Å². The minimum atomic E-state index is -0.157. The standard InChI is InChI=1S/C18H22N2/c1-18(2,14-13-15-9-5-3-6-10-15)20-17(19)16-11-7-4-8-12-16/h3-12H,13-14H2,1-2H3,(H2,19,20). The van der Waals surface area contributed by atoms with Crippen LogP contribution in [0, 0.1) is 0 Å². The van der Waals surface area contributed by atoms with Gasteiger partial charge in [-0.15, -0.1) is 0 Å². The van der Waals surface area contributed by atoms with Crippen molar-refractivity contribution in [2.75, 3.05) is 0 Å². The fraction of sp³-hybridized carbons (Fsp3) is 0.278. The first-order valence-corrected chi connectivity index (χ1v) is 7.01. The average Bonchev–Trinajstić information content (AvgIpc) is 2.47. The zero-order valence-electron chi connectivity index (χ0n) is 12.2. The molecular weight excluding hydrogens is 244 g/mol. The number of aryl methyl sites for hydroxylation is 1. The van der Waals surface area contributed by atoms with Gasteiger partial charge in [-0.2, -0.15) is 0 Å². The number of nitrogens with two attached hydrogens (primary N) is 1. The van der Waals surface area contributed by atoms with Crippen LogP contribution in [0.2, 0.25) is 0 Å². The van der Waals surface area contributed by atoms with Crippen molar-refractivity contribution in [2.24, 2.45) is 10.7 Å². The molecule has 0 aliphatic carbocycles. The van der Waals surface area contributed by atoms with Crippen LogP contribution < -0.4 is 5.73 Å². The van der Waals surface area contributed by atoms with E-state index in [4.69, 9.17) is 5.73 Å². The minimum Gasteiger partial charge on any atom is -0.383 e. The predicted molar refractivity (Wildman–Crippen MR) is 86.0 cm³/mol. The Morgan fingerprint density at radius 3 is 2.10 bits per heavy atom. The van der Waals surface area contributed by atoms with Crippen LogP contribution in [-0.2, 0) is 6.42 Å². The van der Waals surface area contributed by atoms with Crippen molar-refractivity contribution >= 4 is 5.84 Å². The second-order valence-electron chi connectivity index (χ2n) is 5.66. The van der Waals surface area contributed by atoms with Gasteiger partial charge in [0, 0.05) is 5.56 Å². The summed E-state index contributed by atoms with van der Waals surface area (Å²) in [6.45, 7) is 4.26. The molecule has 0 aliphatic heterocycles. The van der Waals surface area contributed by atoms with E-state index in [9.17, 15) is 0 Å². The lowest BCUT2D eigenvalue weighted by Crippen LogP contribution is -2.25. The number of hydrogen-bond acceptors (Lipinski definition) is 1. The van der Waals surface area contributed by atoms with Gasteiger partial charge in [0.25, 0.3) is 0 Å². The van der Waals surface area contributed by atoms with Crippen LogP contribution in [0.3, 0.4) is 0 Å². The summed E-state index contributed by atoms with van der Waals surface area (Å²) in [5.74, 6) is 0.615. The Labute approximate surface area is 121 Å². The molecule has 0 saturated heterocycles.